The molecule has 2 atom stereocenters. The predicted molar refractivity (Wildman–Crippen MR) is 122 cm³/mol. The third-order valence-corrected chi connectivity index (χ3v) is 5.36. The molecule has 0 heterocycles. The number of para-hydroxylation sites is 1. The molecule has 2 nitrogen and oxygen atoms in total. The molecule has 1 aliphatic rings. The lowest BCUT2D eigenvalue weighted by Gasteiger charge is -2.29. The van der Waals surface area contributed by atoms with E-state index in [9.17, 15) is 4.79 Å². The van der Waals surface area contributed by atoms with Crippen LogP contribution < -0.4 is 4.90 Å². The van der Waals surface area contributed by atoms with Crippen LogP contribution in [0.25, 0.3) is 0 Å². The lowest BCUT2D eigenvalue weighted by Crippen LogP contribution is -2.37. The summed E-state index contributed by atoms with van der Waals surface area (Å²) in [7, 11) is 0. The van der Waals surface area contributed by atoms with Gasteiger partial charge in [0.25, 0.3) is 0 Å². The summed E-state index contributed by atoms with van der Waals surface area (Å²) in [6.07, 6.45) is 7.90. The Bertz CT molecular complexity index is 791. The van der Waals surface area contributed by atoms with Gasteiger partial charge in [-0.05, 0) is 61.9 Å². The molecule has 28 heavy (non-hydrogen) atoms. The molecule has 2 unspecified atom stereocenters. The van der Waals surface area contributed by atoms with Gasteiger partial charge < -0.3 is 4.90 Å². The number of amides is 1. The molecule has 1 saturated carbocycles. The zero-order chi connectivity index (χ0) is 19.8. The maximum absolute atomic E-state index is 13.3. The molecule has 0 aromatic heterocycles. The second kappa shape index (κ2) is 11.6. The SMILES string of the molecule is C.C#CC.Cc1ccccc1N(Cc1ccc(Cl)cc1)C(=O)C1CCCC1C. The molecule has 0 aliphatic heterocycles. The molecule has 0 saturated heterocycles. The Morgan fingerprint density at radius 3 is 2.32 bits per heavy atom. The molecule has 3 heteroatoms. The van der Waals surface area contributed by atoms with Gasteiger partial charge in [0, 0.05) is 16.6 Å². The van der Waals surface area contributed by atoms with Gasteiger partial charge in [0.15, 0.2) is 0 Å². The standard InChI is InChI=1S/C21H24ClNO.C3H4.CH4/c1-15-7-5-8-19(15)21(24)23(20-9-4-3-6-16(20)2)14-17-10-12-18(22)13-11-17;1-3-2;/h3-4,6,9-13,15,19H,5,7-8,14H2,1-2H3;1H,2H3;1H4. The average Bonchev–Trinajstić information content (AvgIpc) is 3.08. The fraction of sp³-hybridized carbons (Fsp3) is 0.400. The van der Waals surface area contributed by atoms with Crippen molar-refractivity contribution in [2.45, 2.75) is 54.0 Å². The van der Waals surface area contributed by atoms with Crippen molar-refractivity contribution in [2.24, 2.45) is 11.8 Å². The number of hydrogen-bond donors (Lipinski definition) is 0. The highest BCUT2D eigenvalue weighted by Gasteiger charge is 2.33. The minimum absolute atomic E-state index is 0. The summed E-state index contributed by atoms with van der Waals surface area (Å²) in [5, 5.41) is 0.719. The normalized spacial score (nSPS) is 17.5. The van der Waals surface area contributed by atoms with Gasteiger partial charge >= 0.3 is 0 Å². The molecular weight excluding hydrogens is 366 g/mol. The predicted octanol–water partition coefficient (Wildman–Crippen LogP) is 6.89. The molecule has 2 aromatic carbocycles. The Morgan fingerprint density at radius 2 is 1.79 bits per heavy atom. The average molecular weight is 398 g/mol. The number of terminal acetylenes is 1. The zero-order valence-corrected chi connectivity index (χ0v) is 17.2. The molecule has 3 rings (SSSR count). The Morgan fingerprint density at radius 1 is 1.18 bits per heavy atom. The topological polar surface area (TPSA) is 20.3 Å². The number of anilines is 1. The summed E-state index contributed by atoms with van der Waals surface area (Å²) in [6.45, 7) is 6.51. The second-order valence-corrected chi connectivity index (χ2v) is 7.58. The van der Waals surface area contributed by atoms with Gasteiger partial charge in [0.2, 0.25) is 5.91 Å². The van der Waals surface area contributed by atoms with Crippen LogP contribution in [-0.4, -0.2) is 5.91 Å². The van der Waals surface area contributed by atoms with Crippen molar-refractivity contribution in [1.29, 1.82) is 0 Å². The Kier molecular flexibility index (Phi) is 9.83. The van der Waals surface area contributed by atoms with Crippen molar-refractivity contribution >= 4 is 23.2 Å². The molecule has 1 amide bonds. The Labute approximate surface area is 175 Å². The first kappa shape index (κ1) is 23.8. The van der Waals surface area contributed by atoms with Crippen LogP contribution in [-0.2, 0) is 11.3 Å². The van der Waals surface area contributed by atoms with E-state index in [1.54, 1.807) is 6.92 Å². The van der Waals surface area contributed by atoms with E-state index in [4.69, 9.17) is 11.6 Å². The highest BCUT2D eigenvalue weighted by molar-refractivity contribution is 6.30. The van der Waals surface area contributed by atoms with Gasteiger partial charge in [-0.15, -0.1) is 12.3 Å². The second-order valence-electron chi connectivity index (χ2n) is 7.14. The molecule has 0 N–H and O–H groups in total. The van der Waals surface area contributed by atoms with Gasteiger partial charge in [0.1, 0.15) is 0 Å². The third kappa shape index (κ3) is 6.14. The summed E-state index contributed by atoms with van der Waals surface area (Å²) >= 11 is 6.00. The summed E-state index contributed by atoms with van der Waals surface area (Å²) < 4.78 is 0. The quantitative estimate of drug-likeness (QED) is 0.514. The van der Waals surface area contributed by atoms with Crippen LogP contribution in [0, 0.1) is 31.1 Å². The minimum atomic E-state index is 0. The van der Waals surface area contributed by atoms with E-state index in [1.807, 2.05) is 47.4 Å². The lowest BCUT2D eigenvalue weighted by atomic mass is 9.95. The van der Waals surface area contributed by atoms with Gasteiger partial charge in [-0.2, -0.15) is 0 Å². The number of nitrogens with zero attached hydrogens (tertiary/aromatic N) is 1. The number of halogens is 1. The first-order chi connectivity index (χ1) is 13.0. The zero-order valence-electron chi connectivity index (χ0n) is 16.4. The number of rotatable bonds is 4. The molecule has 0 bridgehead atoms. The van der Waals surface area contributed by atoms with E-state index < -0.39 is 0 Å². The van der Waals surface area contributed by atoms with Crippen molar-refractivity contribution in [1.82, 2.24) is 0 Å². The summed E-state index contributed by atoms with van der Waals surface area (Å²) in [5.41, 5.74) is 3.24. The number of benzene rings is 2. The van der Waals surface area contributed by atoms with Crippen molar-refractivity contribution in [3.8, 4) is 12.3 Å². The first-order valence-corrected chi connectivity index (χ1v) is 9.84. The number of carbonyl (C=O) groups is 1. The third-order valence-electron chi connectivity index (χ3n) is 5.10. The van der Waals surface area contributed by atoms with E-state index in [1.165, 1.54) is 0 Å². The highest BCUT2D eigenvalue weighted by atomic mass is 35.5. The van der Waals surface area contributed by atoms with Crippen LogP contribution in [0.15, 0.2) is 48.5 Å². The molecule has 0 spiro atoms. The van der Waals surface area contributed by atoms with Crippen LogP contribution in [0.5, 0.6) is 0 Å². The molecule has 150 valence electrons. The van der Waals surface area contributed by atoms with E-state index >= 15 is 0 Å². The number of hydrogen-bond acceptors (Lipinski definition) is 1. The fourth-order valence-corrected chi connectivity index (χ4v) is 3.76. The van der Waals surface area contributed by atoms with Gasteiger partial charge in [-0.1, -0.05) is 62.7 Å². The molecule has 0 radical (unpaired) electrons. The fourth-order valence-electron chi connectivity index (χ4n) is 3.63. The molecular formula is C25H32ClNO. The van der Waals surface area contributed by atoms with Crippen molar-refractivity contribution < 1.29 is 4.79 Å². The molecule has 1 aliphatic carbocycles. The maximum atomic E-state index is 13.3. The van der Waals surface area contributed by atoms with Crippen molar-refractivity contribution in [3.05, 3.63) is 64.7 Å². The highest BCUT2D eigenvalue weighted by Crippen LogP contribution is 2.35. The first-order valence-electron chi connectivity index (χ1n) is 9.46. The Balaban J connectivity index is 0.000000921. The van der Waals surface area contributed by atoms with E-state index in [0.29, 0.717) is 12.5 Å². The van der Waals surface area contributed by atoms with Gasteiger partial charge in [-0.25, -0.2) is 0 Å². The summed E-state index contributed by atoms with van der Waals surface area (Å²) in [6, 6.07) is 15.9. The van der Waals surface area contributed by atoms with Crippen LogP contribution in [0.3, 0.4) is 0 Å². The number of aryl methyl sites for hydroxylation is 1. The monoisotopic (exact) mass is 397 g/mol. The lowest BCUT2D eigenvalue weighted by molar-refractivity contribution is -0.123. The van der Waals surface area contributed by atoms with E-state index in [2.05, 4.69) is 32.3 Å². The van der Waals surface area contributed by atoms with E-state index in [0.717, 1.165) is 41.1 Å². The summed E-state index contributed by atoms with van der Waals surface area (Å²) in [4.78, 5) is 15.2. The Hall–Kier alpha value is -2.24. The molecule has 1 fully saturated rings. The van der Waals surface area contributed by atoms with Crippen LogP contribution in [0.4, 0.5) is 5.69 Å². The van der Waals surface area contributed by atoms with E-state index in [-0.39, 0.29) is 19.3 Å². The number of carbonyl (C=O) groups excluding carboxylic acids is 1. The van der Waals surface area contributed by atoms with Crippen molar-refractivity contribution in [3.63, 3.8) is 0 Å². The van der Waals surface area contributed by atoms with Gasteiger partial charge in [0.05, 0.1) is 6.54 Å². The van der Waals surface area contributed by atoms with Crippen LogP contribution in [0.2, 0.25) is 5.02 Å². The molecule has 2 aromatic rings. The van der Waals surface area contributed by atoms with Gasteiger partial charge in [-0.3, -0.25) is 4.79 Å². The van der Waals surface area contributed by atoms with Crippen LogP contribution >= 0.6 is 11.6 Å². The largest absolute Gasteiger partial charge is 0.307 e. The minimum Gasteiger partial charge on any atom is -0.307 e. The maximum Gasteiger partial charge on any atom is 0.230 e. The smallest absolute Gasteiger partial charge is 0.230 e. The van der Waals surface area contributed by atoms with Crippen LogP contribution in [0.1, 0.15) is 51.7 Å². The summed E-state index contributed by atoms with van der Waals surface area (Å²) in [5.74, 6) is 3.11. The van der Waals surface area contributed by atoms with Crippen molar-refractivity contribution in [2.75, 3.05) is 4.90 Å².